The fourth-order valence-electron chi connectivity index (χ4n) is 2.71. The zero-order chi connectivity index (χ0) is 7.97. The van der Waals surface area contributed by atoms with Crippen molar-refractivity contribution in [3.63, 3.8) is 0 Å². The molecule has 0 spiro atoms. The van der Waals surface area contributed by atoms with Gasteiger partial charge < -0.3 is 5.32 Å². The Morgan fingerprint density at radius 3 is 3.25 bits per heavy atom. The number of nitrogens with one attached hydrogen (secondary N) is 2. The third kappa shape index (κ3) is 0.787. The van der Waals surface area contributed by atoms with Crippen molar-refractivity contribution in [3.8, 4) is 0 Å². The van der Waals surface area contributed by atoms with Gasteiger partial charge in [0.1, 0.15) is 0 Å². The van der Waals surface area contributed by atoms with E-state index < -0.39 is 0 Å². The van der Waals surface area contributed by atoms with Crippen LogP contribution in [-0.2, 0) is 0 Å². The van der Waals surface area contributed by atoms with E-state index >= 15 is 0 Å². The predicted octanol–water partition coefficient (Wildman–Crippen LogP) is 0.984. The maximum absolute atomic E-state index is 3.59. The van der Waals surface area contributed by atoms with E-state index in [0.29, 0.717) is 12.2 Å². The Bertz CT molecular complexity index is 244. The van der Waals surface area contributed by atoms with E-state index in [1.807, 2.05) is 0 Å². The van der Waals surface area contributed by atoms with E-state index in [1.54, 1.807) is 0 Å². The molecule has 64 valence electrons. The molecule has 1 fully saturated rings. The molecular formula is C10H14N2. The molecule has 2 heteroatoms. The van der Waals surface area contributed by atoms with Crippen molar-refractivity contribution < 1.29 is 0 Å². The van der Waals surface area contributed by atoms with E-state index in [1.165, 1.54) is 12.8 Å². The summed E-state index contributed by atoms with van der Waals surface area (Å²) in [7, 11) is 0. The molecule has 2 N–H and O–H groups in total. The first kappa shape index (κ1) is 6.72. The second-order valence-electron chi connectivity index (χ2n) is 3.94. The third-order valence-electron chi connectivity index (χ3n) is 3.32. The maximum atomic E-state index is 3.59. The minimum Gasteiger partial charge on any atom is -0.375 e. The largest absolute Gasteiger partial charge is 0.375 e. The molecule has 2 aliphatic heterocycles. The molecule has 0 aromatic carbocycles. The normalized spacial score (nSPS) is 48.7. The number of allylic oxidation sites excluding steroid dienone is 1. The van der Waals surface area contributed by atoms with Crippen LogP contribution in [0.4, 0.5) is 0 Å². The highest BCUT2D eigenvalue weighted by Crippen LogP contribution is 2.36. The van der Waals surface area contributed by atoms with Gasteiger partial charge in [0.25, 0.3) is 0 Å². The Hall–Kier alpha value is -0.760. The lowest BCUT2D eigenvalue weighted by Crippen LogP contribution is -2.37. The van der Waals surface area contributed by atoms with E-state index in [9.17, 15) is 0 Å². The van der Waals surface area contributed by atoms with Crippen LogP contribution in [0.3, 0.4) is 0 Å². The quantitative estimate of drug-likeness (QED) is 0.519. The summed E-state index contributed by atoms with van der Waals surface area (Å²) in [6, 6.07) is 0.631. The monoisotopic (exact) mass is 162 g/mol. The summed E-state index contributed by atoms with van der Waals surface area (Å²) in [5, 5.41) is 6.94. The molecule has 2 nitrogen and oxygen atoms in total. The summed E-state index contributed by atoms with van der Waals surface area (Å²) in [5.74, 6) is 1.58. The minimum atomic E-state index is 0.516. The van der Waals surface area contributed by atoms with Crippen molar-refractivity contribution in [2.24, 2.45) is 11.8 Å². The lowest BCUT2D eigenvalue weighted by molar-refractivity contribution is 0.393. The summed E-state index contributed by atoms with van der Waals surface area (Å²) in [6.07, 6.45) is 12.2. The van der Waals surface area contributed by atoms with Crippen LogP contribution in [0.5, 0.6) is 0 Å². The molecule has 0 amide bonds. The van der Waals surface area contributed by atoms with Crippen LogP contribution in [0.25, 0.3) is 0 Å². The molecule has 0 saturated carbocycles. The van der Waals surface area contributed by atoms with Crippen LogP contribution in [0.2, 0.25) is 0 Å². The van der Waals surface area contributed by atoms with Gasteiger partial charge in [0.05, 0.1) is 6.17 Å². The predicted molar refractivity (Wildman–Crippen MR) is 48.3 cm³/mol. The number of fused-ring (bicyclic) bond motifs is 3. The minimum absolute atomic E-state index is 0.516. The lowest BCUT2D eigenvalue weighted by atomic mass is 9.83. The SMILES string of the molecule is C1=CC2NC3NC=CC3C2CC1. The molecule has 12 heavy (non-hydrogen) atoms. The van der Waals surface area contributed by atoms with Gasteiger partial charge in [-0.15, -0.1) is 0 Å². The molecular weight excluding hydrogens is 148 g/mol. The fourth-order valence-corrected chi connectivity index (χ4v) is 2.71. The number of rotatable bonds is 0. The van der Waals surface area contributed by atoms with Gasteiger partial charge in [-0.25, -0.2) is 0 Å². The molecule has 1 saturated heterocycles. The zero-order valence-electron chi connectivity index (χ0n) is 7.03. The highest BCUT2D eigenvalue weighted by molar-refractivity contribution is 5.17. The fraction of sp³-hybridized carbons (Fsp3) is 0.600. The molecule has 0 radical (unpaired) electrons. The van der Waals surface area contributed by atoms with Gasteiger partial charge in [-0.05, 0) is 25.0 Å². The van der Waals surface area contributed by atoms with Gasteiger partial charge in [0.15, 0.2) is 0 Å². The smallest absolute Gasteiger partial charge is 0.0835 e. The Labute approximate surface area is 72.7 Å². The van der Waals surface area contributed by atoms with Crippen LogP contribution < -0.4 is 10.6 Å². The summed E-state index contributed by atoms with van der Waals surface area (Å²) in [6.45, 7) is 0. The van der Waals surface area contributed by atoms with E-state index in [-0.39, 0.29) is 0 Å². The number of hydrogen-bond donors (Lipinski definition) is 2. The average Bonchev–Trinajstić information content (AvgIpc) is 2.62. The van der Waals surface area contributed by atoms with Crippen LogP contribution in [0, 0.1) is 11.8 Å². The summed E-state index contributed by atoms with van der Waals surface area (Å²) in [5.41, 5.74) is 0. The van der Waals surface area contributed by atoms with Crippen molar-refractivity contribution in [3.05, 3.63) is 24.4 Å². The summed E-state index contributed by atoms with van der Waals surface area (Å²) < 4.78 is 0. The first-order valence-electron chi connectivity index (χ1n) is 4.80. The topological polar surface area (TPSA) is 24.1 Å². The second kappa shape index (κ2) is 2.36. The molecule has 3 rings (SSSR count). The first-order chi connectivity index (χ1) is 5.95. The van der Waals surface area contributed by atoms with Gasteiger partial charge in [-0.3, -0.25) is 5.32 Å². The van der Waals surface area contributed by atoms with Crippen LogP contribution >= 0.6 is 0 Å². The van der Waals surface area contributed by atoms with Crippen molar-refractivity contribution in [1.82, 2.24) is 10.6 Å². The Morgan fingerprint density at radius 2 is 2.25 bits per heavy atom. The van der Waals surface area contributed by atoms with E-state index in [4.69, 9.17) is 0 Å². The van der Waals surface area contributed by atoms with Gasteiger partial charge in [-0.2, -0.15) is 0 Å². The molecule has 0 aromatic rings. The highest BCUT2D eigenvalue weighted by atomic mass is 15.2. The van der Waals surface area contributed by atoms with Crippen LogP contribution in [-0.4, -0.2) is 12.2 Å². The molecule has 4 atom stereocenters. The lowest BCUT2D eigenvalue weighted by Gasteiger charge is -2.21. The molecule has 4 unspecified atom stereocenters. The molecule has 2 heterocycles. The van der Waals surface area contributed by atoms with Gasteiger partial charge in [0.2, 0.25) is 0 Å². The molecule has 0 bridgehead atoms. The van der Waals surface area contributed by atoms with Crippen molar-refractivity contribution in [1.29, 1.82) is 0 Å². The summed E-state index contributed by atoms with van der Waals surface area (Å²) in [4.78, 5) is 0. The Morgan fingerprint density at radius 1 is 1.25 bits per heavy atom. The molecule has 3 aliphatic rings. The van der Waals surface area contributed by atoms with Crippen molar-refractivity contribution >= 4 is 0 Å². The molecule has 0 aromatic heterocycles. The Balaban J connectivity index is 1.89. The van der Waals surface area contributed by atoms with Crippen LogP contribution in [0.1, 0.15) is 12.8 Å². The highest BCUT2D eigenvalue weighted by Gasteiger charge is 2.42. The van der Waals surface area contributed by atoms with Crippen molar-refractivity contribution in [2.45, 2.75) is 25.0 Å². The molecule has 1 aliphatic carbocycles. The first-order valence-corrected chi connectivity index (χ1v) is 4.80. The van der Waals surface area contributed by atoms with Gasteiger partial charge in [0, 0.05) is 12.0 Å². The van der Waals surface area contributed by atoms with E-state index in [2.05, 4.69) is 35.1 Å². The van der Waals surface area contributed by atoms with Crippen molar-refractivity contribution in [2.75, 3.05) is 0 Å². The van der Waals surface area contributed by atoms with Crippen LogP contribution in [0.15, 0.2) is 24.4 Å². The number of hydrogen-bond acceptors (Lipinski definition) is 2. The van der Waals surface area contributed by atoms with Gasteiger partial charge in [-0.1, -0.05) is 18.2 Å². The summed E-state index contributed by atoms with van der Waals surface area (Å²) >= 11 is 0. The third-order valence-corrected chi connectivity index (χ3v) is 3.32. The maximum Gasteiger partial charge on any atom is 0.0835 e. The standard InChI is InChI=1S/C10H14N2/c1-2-4-9-7(3-1)8-5-6-11-10(8)12-9/h2,4-12H,1,3H2. The van der Waals surface area contributed by atoms with Gasteiger partial charge >= 0.3 is 0 Å². The Kier molecular flexibility index (Phi) is 1.32. The zero-order valence-corrected chi connectivity index (χ0v) is 7.03. The van der Waals surface area contributed by atoms with E-state index in [0.717, 1.165) is 11.8 Å². The average molecular weight is 162 g/mol. The second-order valence-corrected chi connectivity index (χ2v) is 3.94.